The van der Waals surface area contributed by atoms with Gasteiger partial charge in [0.25, 0.3) is 0 Å². The minimum absolute atomic E-state index is 0. The lowest BCUT2D eigenvalue weighted by atomic mass is 10.2. The summed E-state index contributed by atoms with van der Waals surface area (Å²) >= 11 is 0. The van der Waals surface area contributed by atoms with Crippen LogP contribution in [-0.4, -0.2) is 31.2 Å². The van der Waals surface area contributed by atoms with E-state index in [2.05, 4.69) is 41.6 Å². The average Bonchev–Trinajstić information content (AvgIpc) is 3.23. The summed E-state index contributed by atoms with van der Waals surface area (Å²) in [6, 6.07) is 8.74. The SMILES string of the molecule is CCNC(=NCC(C)Oc1ccc(C)cc1)NC1CC1.I. The summed E-state index contributed by atoms with van der Waals surface area (Å²) in [6.07, 6.45) is 2.56. The molecule has 0 aromatic heterocycles. The summed E-state index contributed by atoms with van der Waals surface area (Å²) in [5.74, 6) is 1.80. The smallest absolute Gasteiger partial charge is 0.191 e. The van der Waals surface area contributed by atoms with Crippen molar-refractivity contribution in [3.8, 4) is 5.75 Å². The number of hydrogen-bond donors (Lipinski definition) is 2. The molecule has 0 heterocycles. The molecule has 1 unspecified atom stereocenters. The summed E-state index contributed by atoms with van der Waals surface area (Å²) in [4.78, 5) is 4.58. The normalized spacial score (nSPS) is 15.9. The van der Waals surface area contributed by atoms with Gasteiger partial charge in [-0.3, -0.25) is 0 Å². The second-order valence-corrected chi connectivity index (χ2v) is 5.38. The Labute approximate surface area is 144 Å². The number of benzene rings is 1. The lowest BCUT2D eigenvalue weighted by molar-refractivity contribution is 0.230. The Kier molecular flexibility index (Phi) is 7.85. The van der Waals surface area contributed by atoms with Gasteiger partial charge in [-0.2, -0.15) is 0 Å². The van der Waals surface area contributed by atoms with Gasteiger partial charge in [0.1, 0.15) is 11.9 Å². The number of halogens is 1. The fourth-order valence-electron chi connectivity index (χ4n) is 1.85. The van der Waals surface area contributed by atoms with Crippen molar-refractivity contribution in [1.82, 2.24) is 10.6 Å². The van der Waals surface area contributed by atoms with E-state index in [1.54, 1.807) is 0 Å². The quantitative estimate of drug-likeness (QED) is 0.436. The van der Waals surface area contributed by atoms with Gasteiger partial charge in [0.2, 0.25) is 0 Å². The monoisotopic (exact) mass is 403 g/mol. The first-order chi connectivity index (χ1) is 9.67. The number of aryl methyl sites for hydroxylation is 1. The van der Waals surface area contributed by atoms with Crippen LogP contribution in [0.5, 0.6) is 5.75 Å². The predicted molar refractivity (Wildman–Crippen MR) is 98.8 cm³/mol. The zero-order chi connectivity index (χ0) is 14.4. The molecular formula is C16H26IN3O. The van der Waals surface area contributed by atoms with Crippen molar-refractivity contribution in [3.63, 3.8) is 0 Å². The van der Waals surface area contributed by atoms with E-state index in [9.17, 15) is 0 Å². The molecule has 2 N–H and O–H groups in total. The highest BCUT2D eigenvalue weighted by Gasteiger charge is 2.22. The third-order valence-electron chi connectivity index (χ3n) is 3.13. The molecule has 0 aliphatic heterocycles. The lowest BCUT2D eigenvalue weighted by Crippen LogP contribution is -2.39. The minimum Gasteiger partial charge on any atom is -0.489 e. The van der Waals surface area contributed by atoms with Crippen LogP contribution >= 0.6 is 24.0 Å². The Bertz CT molecular complexity index is 443. The van der Waals surface area contributed by atoms with Gasteiger partial charge in [-0.25, -0.2) is 4.99 Å². The van der Waals surface area contributed by atoms with Gasteiger partial charge in [-0.05, 0) is 45.7 Å². The summed E-state index contributed by atoms with van der Waals surface area (Å²) in [5.41, 5.74) is 1.24. The molecule has 1 saturated carbocycles. The highest BCUT2D eigenvalue weighted by Crippen LogP contribution is 2.18. The van der Waals surface area contributed by atoms with Crippen molar-refractivity contribution in [2.24, 2.45) is 4.99 Å². The van der Waals surface area contributed by atoms with Gasteiger partial charge < -0.3 is 15.4 Å². The van der Waals surface area contributed by atoms with Crippen LogP contribution in [0.3, 0.4) is 0 Å². The molecule has 21 heavy (non-hydrogen) atoms. The number of rotatable bonds is 6. The highest BCUT2D eigenvalue weighted by atomic mass is 127. The van der Waals surface area contributed by atoms with Crippen molar-refractivity contribution in [1.29, 1.82) is 0 Å². The van der Waals surface area contributed by atoms with Crippen LogP contribution in [0.2, 0.25) is 0 Å². The van der Waals surface area contributed by atoms with Gasteiger partial charge in [0.05, 0.1) is 6.54 Å². The van der Waals surface area contributed by atoms with E-state index >= 15 is 0 Å². The molecule has 118 valence electrons. The zero-order valence-electron chi connectivity index (χ0n) is 13.1. The van der Waals surface area contributed by atoms with Crippen LogP contribution in [-0.2, 0) is 0 Å². The van der Waals surface area contributed by atoms with Crippen molar-refractivity contribution in [3.05, 3.63) is 29.8 Å². The first kappa shape index (κ1) is 18.1. The molecule has 0 spiro atoms. The standard InChI is InChI=1S/C16H25N3O.HI/c1-4-17-16(19-14-7-8-14)18-11-13(3)20-15-9-5-12(2)6-10-15;/h5-6,9-10,13-14H,4,7-8,11H2,1-3H3,(H2,17,18,19);1H. The van der Waals surface area contributed by atoms with Crippen LogP contribution in [0.25, 0.3) is 0 Å². The third kappa shape index (κ3) is 7.02. The van der Waals surface area contributed by atoms with E-state index in [0.29, 0.717) is 12.6 Å². The number of guanidine groups is 1. The predicted octanol–water partition coefficient (Wildman–Crippen LogP) is 3.10. The molecule has 4 nitrogen and oxygen atoms in total. The van der Waals surface area contributed by atoms with Crippen molar-refractivity contribution < 1.29 is 4.74 Å². The Morgan fingerprint density at radius 1 is 1.33 bits per heavy atom. The van der Waals surface area contributed by atoms with Gasteiger partial charge in [0, 0.05) is 12.6 Å². The Morgan fingerprint density at radius 2 is 2.00 bits per heavy atom. The van der Waals surface area contributed by atoms with E-state index < -0.39 is 0 Å². The summed E-state index contributed by atoms with van der Waals surface area (Å²) in [6.45, 7) is 7.73. The van der Waals surface area contributed by atoms with Gasteiger partial charge in [0.15, 0.2) is 5.96 Å². The second-order valence-electron chi connectivity index (χ2n) is 5.38. The highest BCUT2D eigenvalue weighted by molar-refractivity contribution is 14.0. The first-order valence-electron chi connectivity index (χ1n) is 7.45. The summed E-state index contributed by atoms with van der Waals surface area (Å²) in [5, 5.41) is 6.67. The minimum atomic E-state index is 0. The second kappa shape index (κ2) is 9.12. The maximum absolute atomic E-state index is 5.86. The number of nitrogens with one attached hydrogen (secondary N) is 2. The largest absolute Gasteiger partial charge is 0.489 e. The molecule has 2 rings (SSSR count). The molecule has 1 fully saturated rings. The number of ether oxygens (including phenoxy) is 1. The van der Waals surface area contributed by atoms with E-state index in [1.165, 1.54) is 18.4 Å². The molecule has 1 aliphatic carbocycles. The molecule has 0 radical (unpaired) electrons. The number of hydrogen-bond acceptors (Lipinski definition) is 2. The van der Waals surface area contributed by atoms with Gasteiger partial charge in [-0.15, -0.1) is 24.0 Å². The zero-order valence-corrected chi connectivity index (χ0v) is 15.4. The molecule has 0 saturated heterocycles. The van der Waals surface area contributed by atoms with E-state index in [-0.39, 0.29) is 30.1 Å². The first-order valence-corrected chi connectivity index (χ1v) is 7.45. The van der Waals surface area contributed by atoms with E-state index in [0.717, 1.165) is 18.3 Å². The van der Waals surface area contributed by atoms with Crippen LogP contribution in [0.1, 0.15) is 32.3 Å². The average molecular weight is 403 g/mol. The van der Waals surface area contributed by atoms with Gasteiger partial charge in [-0.1, -0.05) is 17.7 Å². The van der Waals surface area contributed by atoms with Crippen LogP contribution in [0.15, 0.2) is 29.3 Å². The maximum atomic E-state index is 5.86. The third-order valence-corrected chi connectivity index (χ3v) is 3.13. The maximum Gasteiger partial charge on any atom is 0.191 e. The Hall–Kier alpha value is -0.980. The van der Waals surface area contributed by atoms with Crippen LogP contribution < -0.4 is 15.4 Å². The Balaban J connectivity index is 0.00000220. The molecule has 1 aliphatic rings. The van der Waals surface area contributed by atoms with Crippen molar-refractivity contribution in [2.45, 2.75) is 45.8 Å². The molecule has 1 aromatic rings. The van der Waals surface area contributed by atoms with Crippen LogP contribution in [0.4, 0.5) is 0 Å². The molecular weight excluding hydrogens is 377 g/mol. The van der Waals surface area contributed by atoms with E-state index in [1.807, 2.05) is 19.1 Å². The Morgan fingerprint density at radius 3 is 2.57 bits per heavy atom. The van der Waals surface area contributed by atoms with Crippen molar-refractivity contribution in [2.75, 3.05) is 13.1 Å². The van der Waals surface area contributed by atoms with Crippen molar-refractivity contribution >= 4 is 29.9 Å². The molecule has 1 aromatic carbocycles. The fourth-order valence-corrected chi connectivity index (χ4v) is 1.85. The summed E-state index contributed by atoms with van der Waals surface area (Å²) < 4.78 is 5.86. The topological polar surface area (TPSA) is 45.7 Å². The molecule has 0 amide bonds. The van der Waals surface area contributed by atoms with Crippen LogP contribution in [0, 0.1) is 6.92 Å². The van der Waals surface area contributed by atoms with E-state index in [4.69, 9.17) is 4.74 Å². The van der Waals surface area contributed by atoms with Gasteiger partial charge >= 0.3 is 0 Å². The molecule has 5 heteroatoms. The molecule has 1 atom stereocenters. The fraction of sp³-hybridized carbons (Fsp3) is 0.562. The lowest BCUT2D eigenvalue weighted by Gasteiger charge is -2.15. The molecule has 0 bridgehead atoms. The number of aliphatic imine (C=N–C) groups is 1. The summed E-state index contributed by atoms with van der Waals surface area (Å²) in [7, 11) is 0. The number of nitrogens with zero attached hydrogens (tertiary/aromatic N) is 1.